The van der Waals surface area contributed by atoms with E-state index in [1.165, 1.54) is 4.88 Å². The van der Waals surface area contributed by atoms with Crippen LogP contribution in [0.2, 0.25) is 0 Å². The van der Waals surface area contributed by atoms with Gasteiger partial charge < -0.3 is 10.3 Å². The molecule has 0 aliphatic heterocycles. The van der Waals surface area contributed by atoms with Gasteiger partial charge in [-0.15, -0.1) is 11.3 Å². The quantitative estimate of drug-likeness (QED) is 0.807. The number of hydrogen-bond acceptors (Lipinski definition) is 2. The molecule has 0 amide bonds. The highest BCUT2D eigenvalue weighted by Gasteiger charge is 2.03. The lowest BCUT2D eigenvalue weighted by molar-refractivity contribution is 0.811. The standard InChI is InChI=1S/C10H10N2S2/c11-10(13)9-4-1-5-12(9)7-8-3-2-6-14-8/h1-6H,7H2,(H2,11,13). The molecule has 0 saturated heterocycles. The summed E-state index contributed by atoms with van der Waals surface area (Å²) in [5.41, 5.74) is 6.53. The van der Waals surface area contributed by atoms with Crippen LogP contribution in [0, 0.1) is 0 Å². The third-order valence-electron chi connectivity index (χ3n) is 1.99. The minimum atomic E-state index is 0.451. The van der Waals surface area contributed by atoms with E-state index in [9.17, 15) is 0 Å². The summed E-state index contributed by atoms with van der Waals surface area (Å²) in [6.45, 7) is 0.845. The van der Waals surface area contributed by atoms with E-state index in [-0.39, 0.29) is 0 Å². The van der Waals surface area contributed by atoms with Gasteiger partial charge in [0.05, 0.1) is 12.2 Å². The highest BCUT2D eigenvalue weighted by Crippen LogP contribution is 2.12. The van der Waals surface area contributed by atoms with Crippen molar-refractivity contribution >= 4 is 28.5 Å². The monoisotopic (exact) mass is 222 g/mol. The summed E-state index contributed by atoms with van der Waals surface area (Å²) >= 11 is 6.70. The van der Waals surface area contributed by atoms with Crippen LogP contribution in [0.5, 0.6) is 0 Å². The van der Waals surface area contributed by atoms with Gasteiger partial charge in [0.15, 0.2) is 0 Å². The molecular weight excluding hydrogens is 212 g/mol. The third-order valence-corrected chi connectivity index (χ3v) is 3.06. The fourth-order valence-corrected chi connectivity index (χ4v) is 2.23. The van der Waals surface area contributed by atoms with Gasteiger partial charge in [-0.1, -0.05) is 18.3 Å². The van der Waals surface area contributed by atoms with Gasteiger partial charge in [-0.25, -0.2) is 0 Å². The number of nitrogens with two attached hydrogens (primary N) is 1. The molecule has 0 fully saturated rings. The molecule has 2 heterocycles. The van der Waals surface area contributed by atoms with Gasteiger partial charge in [0, 0.05) is 11.1 Å². The molecule has 4 heteroatoms. The molecule has 0 spiro atoms. The highest BCUT2D eigenvalue weighted by atomic mass is 32.1. The van der Waals surface area contributed by atoms with Crippen LogP contribution in [0.25, 0.3) is 0 Å². The van der Waals surface area contributed by atoms with Gasteiger partial charge in [0.1, 0.15) is 4.99 Å². The SMILES string of the molecule is NC(=S)c1cccn1Cc1cccs1. The summed E-state index contributed by atoms with van der Waals surface area (Å²) in [6.07, 6.45) is 1.99. The first kappa shape index (κ1) is 9.43. The summed E-state index contributed by atoms with van der Waals surface area (Å²) in [4.78, 5) is 1.75. The van der Waals surface area contributed by atoms with Crippen molar-refractivity contribution in [1.29, 1.82) is 0 Å². The van der Waals surface area contributed by atoms with Crippen LogP contribution in [-0.4, -0.2) is 9.56 Å². The molecule has 2 aromatic rings. The van der Waals surface area contributed by atoms with Crippen LogP contribution in [-0.2, 0) is 6.54 Å². The summed E-state index contributed by atoms with van der Waals surface area (Å²) in [7, 11) is 0. The van der Waals surface area contributed by atoms with Crippen LogP contribution in [0.3, 0.4) is 0 Å². The first-order chi connectivity index (χ1) is 6.77. The molecule has 2 aromatic heterocycles. The predicted molar refractivity (Wildman–Crippen MR) is 63.7 cm³/mol. The molecule has 2 rings (SSSR count). The molecule has 0 unspecified atom stereocenters. The summed E-state index contributed by atoms with van der Waals surface area (Å²) in [5.74, 6) is 0. The maximum atomic E-state index is 5.60. The van der Waals surface area contributed by atoms with Gasteiger partial charge in [0.25, 0.3) is 0 Å². The third kappa shape index (κ3) is 1.86. The molecule has 0 aliphatic rings. The molecule has 0 radical (unpaired) electrons. The van der Waals surface area contributed by atoms with E-state index in [1.807, 2.05) is 24.4 Å². The fraction of sp³-hybridized carbons (Fsp3) is 0.100. The number of thiocarbonyl (C=S) groups is 1. The zero-order valence-corrected chi connectivity index (χ0v) is 9.15. The number of nitrogens with zero attached hydrogens (tertiary/aromatic N) is 1. The van der Waals surface area contributed by atoms with Crippen LogP contribution < -0.4 is 5.73 Å². The van der Waals surface area contributed by atoms with E-state index in [0.29, 0.717) is 4.99 Å². The predicted octanol–water partition coefficient (Wildman–Crippen LogP) is 2.23. The van der Waals surface area contributed by atoms with Crippen molar-refractivity contribution in [3.63, 3.8) is 0 Å². The lowest BCUT2D eigenvalue weighted by Gasteiger charge is -2.05. The molecule has 2 N–H and O–H groups in total. The zero-order valence-electron chi connectivity index (χ0n) is 7.51. The zero-order chi connectivity index (χ0) is 9.97. The van der Waals surface area contributed by atoms with Gasteiger partial charge >= 0.3 is 0 Å². The first-order valence-corrected chi connectivity index (χ1v) is 5.53. The van der Waals surface area contributed by atoms with Gasteiger partial charge in [-0.2, -0.15) is 0 Å². The Balaban J connectivity index is 2.25. The van der Waals surface area contributed by atoms with E-state index >= 15 is 0 Å². The Morgan fingerprint density at radius 1 is 1.43 bits per heavy atom. The number of thiophene rings is 1. The van der Waals surface area contributed by atoms with E-state index in [4.69, 9.17) is 18.0 Å². The molecular formula is C10H10N2S2. The molecule has 0 aromatic carbocycles. The average Bonchev–Trinajstić information content (AvgIpc) is 2.75. The van der Waals surface area contributed by atoms with Gasteiger partial charge in [-0.3, -0.25) is 0 Å². The van der Waals surface area contributed by atoms with Gasteiger partial charge in [-0.05, 0) is 23.6 Å². The van der Waals surface area contributed by atoms with E-state index in [1.54, 1.807) is 11.3 Å². The summed E-state index contributed by atoms with van der Waals surface area (Å²) in [6, 6.07) is 8.05. The van der Waals surface area contributed by atoms with Crippen LogP contribution >= 0.6 is 23.6 Å². The van der Waals surface area contributed by atoms with Crippen molar-refractivity contribution in [2.24, 2.45) is 5.73 Å². The van der Waals surface area contributed by atoms with Crippen molar-refractivity contribution in [3.8, 4) is 0 Å². The van der Waals surface area contributed by atoms with Crippen molar-refractivity contribution in [1.82, 2.24) is 4.57 Å². The van der Waals surface area contributed by atoms with Crippen molar-refractivity contribution in [3.05, 3.63) is 46.4 Å². The second-order valence-corrected chi connectivity index (χ2v) is 4.44. The summed E-state index contributed by atoms with van der Waals surface area (Å²) in [5, 5.41) is 2.07. The minimum Gasteiger partial charge on any atom is -0.388 e. The Labute approximate surface area is 92.0 Å². The first-order valence-electron chi connectivity index (χ1n) is 4.24. The largest absolute Gasteiger partial charge is 0.388 e. The smallest absolute Gasteiger partial charge is 0.120 e. The van der Waals surface area contributed by atoms with Crippen molar-refractivity contribution in [2.75, 3.05) is 0 Å². The average molecular weight is 222 g/mol. The fourth-order valence-electron chi connectivity index (χ4n) is 1.35. The van der Waals surface area contributed by atoms with E-state index in [0.717, 1.165) is 12.2 Å². The number of aromatic nitrogens is 1. The van der Waals surface area contributed by atoms with Crippen LogP contribution in [0.4, 0.5) is 0 Å². The number of rotatable bonds is 3. The number of hydrogen-bond donors (Lipinski definition) is 1. The van der Waals surface area contributed by atoms with Crippen LogP contribution in [0.1, 0.15) is 10.6 Å². The minimum absolute atomic E-state index is 0.451. The molecule has 72 valence electrons. The maximum Gasteiger partial charge on any atom is 0.120 e. The molecule has 0 aliphatic carbocycles. The maximum absolute atomic E-state index is 5.60. The Hall–Kier alpha value is -1.13. The van der Waals surface area contributed by atoms with E-state index < -0.39 is 0 Å². The Bertz CT molecular complexity index is 429. The van der Waals surface area contributed by atoms with E-state index in [2.05, 4.69) is 16.0 Å². The lowest BCUT2D eigenvalue weighted by atomic mass is 10.4. The van der Waals surface area contributed by atoms with Gasteiger partial charge in [0.2, 0.25) is 0 Å². The Morgan fingerprint density at radius 2 is 2.29 bits per heavy atom. The molecule has 2 nitrogen and oxygen atoms in total. The van der Waals surface area contributed by atoms with Crippen LogP contribution in [0.15, 0.2) is 35.8 Å². The lowest BCUT2D eigenvalue weighted by Crippen LogP contribution is -2.15. The highest BCUT2D eigenvalue weighted by molar-refractivity contribution is 7.80. The topological polar surface area (TPSA) is 30.9 Å². The summed E-state index contributed by atoms with van der Waals surface area (Å²) < 4.78 is 2.06. The second-order valence-electron chi connectivity index (χ2n) is 2.96. The molecule has 0 saturated carbocycles. The van der Waals surface area contributed by atoms with Crippen molar-refractivity contribution in [2.45, 2.75) is 6.54 Å². The molecule has 0 atom stereocenters. The Morgan fingerprint density at radius 3 is 2.93 bits per heavy atom. The van der Waals surface area contributed by atoms with Crippen molar-refractivity contribution < 1.29 is 0 Å². The molecule has 14 heavy (non-hydrogen) atoms. The normalized spacial score (nSPS) is 10.3. The molecule has 0 bridgehead atoms. The second kappa shape index (κ2) is 3.94. The Kier molecular flexibility index (Phi) is 2.65.